The van der Waals surface area contributed by atoms with Gasteiger partial charge in [0.15, 0.2) is 0 Å². The van der Waals surface area contributed by atoms with Crippen LogP contribution >= 0.6 is 0 Å². The van der Waals surface area contributed by atoms with E-state index in [9.17, 15) is 8.78 Å². The number of likely N-dealkylation sites (tertiary alicyclic amines) is 2. The van der Waals surface area contributed by atoms with Gasteiger partial charge in [0.2, 0.25) is 0 Å². The largest absolute Gasteiger partial charge is 0.369 e. The number of benzene rings is 2. The summed E-state index contributed by atoms with van der Waals surface area (Å²) in [5.41, 5.74) is 4.65. The van der Waals surface area contributed by atoms with Crippen molar-refractivity contribution in [1.29, 1.82) is 0 Å². The van der Waals surface area contributed by atoms with Crippen LogP contribution in [0.25, 0.3) is 16.8 Å². The Bertz CT molecular complexity index is 906. The summed E-state index contributed by atoms with van der Waals surface area (Å²) in [5.74, 6) is 0.743. The van der Waals surface area contributed by atoms with Gasteiger partial charge in [0.05, 0.1) is 0 Å². The van der Waals surface area contributed by atoms with Crippen molar-refractivity contribution in [2.45, 2.75) is 57.8 Å². The molecule has 1 atom stereocenters. The Morgan fingerprint density at radius 3 is 2.09 bits per heavy atom. The zero-order valence-electron chi connectivity index (χ0n) is 20.2. The van der Waals surface area contributed by atoms with E-state index in [1.165, 1.54) is 36.0 Å². The second-order valence-electron chi connectivity index (χ2n) is 10.5. The second kappa shape index (κ2) is 10.4. The van der Waals surface area contributed by atoms with Gasteiger partial charge in [0.25, 0.3) is 0 Å². The highest BCUT2D eigenvalue weighted by molar-refractivity contribution is 5.69. The van der Waals surface area contributed by atoms with Gasteiger partial charge in [-0.1, -0.05) is 55.1 Å². The van der Waals surface area contributed by atoms with Gasteiger partial charge in [0.1, 0.15) is 11.8 Å². The molecule has 0 aliphatic carbocycles. The van der Waals surface area contributed by atoms with E-state index >= 15 is 0 Å². The van der Waals surface area contributed by atoms with Crippen LogP contribution in [0, 0.1) is 5.92 Å². The SMILES string of the molecule is C=C(c1ccc(-c2ccc(CCC3CCN(CC(C)(C)F)CC3)cc2)cc1)N1CCC(F)C1. The normalized spacial score (nSPS) is 20.4. The Balaban J connectivity index is 1.26. The molecule has 2 aliphatic rings. The molecule has 33 heavy (non-hydrogen) atoms. The number of nitrogens with zero attached hydrogens (tertiary/aromatic N) is 2. The van der Waals surface area contributed by atoms with E-state index in [0.29, 0.717) is 19.5 Å². The minimum absolute atomic E-state index is 0.455. The monoisotopic (exact) mass is 452 g/mol. The average molecular weight is 453 g/mol. The van der Waals surface area contributed by atoms with Gasteiger partial charge in [-0.05, 0) is 87.2 Å². The lowest BCUT2D eigenvalue weighted by Crippen LogP contribution is -2.41. The lowest BCUT2D eigenvalue weighted by Gasteiger charge is -2.34. The average Bonchev–Trinajstić information content (AvgIpc) is 3.24. The summed E-state index contributed by atoms with van der Waals surface area (Å²) in [7, 11) is 0. The smallest absolute Gasteiger partial charge is 0.119 e. The van der Waals surface area contributed by atoms with Crippen LogP contribution in [0.3, 0.4) is 0 Å². The lowest BCUT2D eigenvalue weighted by atomic mass is 9.90. The molecule has 0 amide bonds. The molecule has 2 saturated heterocycles. The number of rotatable bonds is 8. The van der Waals surface area contributed by atoms with E-state index in [1.54, 1.807) is 13.8 Å². The Hall–Kier alpha value is -2.20. The number of hydrogen-bond donors (Lipinski definition) is 0. The van der Waals surface area contributed by atoms with Gasteiger partial charge in [-0.2, -0.15) is 0 Å². The van der Waals surface area contributed by atoms with Crippen LogP contribution in [0.1, 0.15) is 50.7 Å². The van der Waals surface area contributed by atoms with Crippen molar-refractivity contribution in [3.8, 4) is 11.1 Å². The highest BCUT2D eigenvalue weighted by atomic mass is 19.1. The third kappa shape index (κ3) is 6.66. The van der Waals surface area contributed by atoms with Crippen LogP contribution in [-0.2, 0) is 6.42 Å². The molecule has 4 heteroatoms. The molecule has 1 unspecified atom stereocenters. The predicted octanol–water partition coefficient (Wildman–Crippen LogP) is 6.76. The fourth-order valence-electron chi connectivity index (χ4n) is 5.20. The summed E-state index contributed by atoms with van der Waals surface area (Å²) in [6.07, 6.45) is 4.52. The van der Waals surface area contributed by atoms with Crippen molar-refractivity contribution in [2.24, 2.45) is 5.92 Å². The molecular formula is C29H38F2N2. The molecule has 0 bridgehead atoms. The Kier molecular flexibility index (Phi) is 7.53. The summed E-state index contributed by atoms with van der Waals surface area (Å²) in [4.78, 5) is 4.31. The molecule has 0 radical (unpaired) electrons. The van der Waals surface area contributed by atoms with E-state index < -0.39 is 11.8 Å². The Morgan fingerprint density at radius 1 is 0.939 bits per heavy atom. The first-order valence-electron chi connectivity index (χ1n) is 12.5. The molecule has 2 heterocycles. The second-order valence-corrected chi connectivity index (χ2v) is 10.5. The molecule has 4 rings (SSSR count). The lowest BCUT2D eigenvalue weighted by molar-refractivity contribution is 0.0943. The van der Waals surface area contributed by atoms with Gasteiger partial charge in [0, 0.05) is 25.3 Å². The van der Waals surface area contributed by atoms with Crippen LogP contribution in [0.2, 0.25) is 0 Å². The number of piperidine rings is 1. The molecular weight excluding hydrogens is 414 g/mol. The summed E-state index contributed by atoms with van der Waals surface area (Å²) in [6.45, 7) is 11.3. The fourth-order valence-corrected chi connectivity index (χ4v) is 5.20. The van der Waals surface area contributed by atoms with Gasteiger partial charge in [-0.25, -0.2) is 8.78 Å². The number of halogens is 2. The maximum Gasteiger partial charge on any atom is 0.119 e. The van der Waals surface area contributed by atoms with Crippen LogP contribution < -0.4 is 0 Å². The third-order valence-corrected chi connectivity index (χ3v) is 7.17. The van der Waals surface area contributed by atoms with Gasteiger partial charge in [-0.15, -0.1) is 0 Å². The topological polar surface area (TPSA) is 6.48 Å². The standard InChI is InChI=1S/C29H38F2N2/c1-22(33-19-16-28(30)20-33)25-10-12-27(13-11-25)26-8-6-23(7-9-26)4-5-24-14-17-32(18-15-24)21-29(2,3)31/h6-13,24,28H,1,4-5,14-21H2,2-3H3. The summed E-state index contributed by atoms with van der Waals surface area (Å²) < 4.78 is 27.4. The van der Waals surface area contributed by atoms with Crippen molar-refractivity contribution in [3.63, 3.8) is 0 Å². The number of alkyl halides is 2. The molecule has 2 aromatic carbocycles. The third-order valence-electron chi connectivity index (χ3n) is 7.17. The van der Waals surface area contributed by atoms with Crippen molar-refractivity contribution in [1.82, 2.24) is 9.80 Å². The highest BCUT2D eigenvalue weighted by Gasteiger charge is 2.25. The quantitative estimate of drug-likeness (QED) is 0.436. The number of aryl methyl sites for hydroxylation is 1. The molecule has 0 saturated carbocycles. The fraction of sp³-hybridized carbons (Fsp3) is 0.517. The Morgan fingerprint density at radius 2 is 1.55 bits per heavy atom. The molecule has 0 aromatic heterocycles. The van der Waals surface area contributed by atoms with Crippen LogP contribution in [0.4, 0.5) is 8.78 Å². The molecule has 2 fully saturated rings. The Labute approximate surface area is 198 Å². The molecule has 0 N–H and O–H groups in total. The van der Waals surface area contributed by atoms with Crippen molar-refractivity contribution in [2.75, 3.05) is 32.7 Å². The molecule has 2 aliphatic heterocycles. The van der Waals surface area contributed by atoms with Gasteiger partial charge < -0.3 is 9.80 Å². The molecule has 2 aromatic rings. The molecule has 2 nitrogen and oxygen atoms in total. The van der Waals surface area contributed by atoms with E-state index in [4.69, 9.17) is 0 Å². The summed E-state index contributed by atoms with van der Waals surface area (Å²) in [5, 5.41) is 0. The van der Waals surface area contributed by atoms with Gasteiger partial charge in [-0.3, -0.25) is 0 Å². The first-order chi connectivity index (χ1) is 15.8. The van der Waals surface area contributed by atoms with E-state index in [1.807, 2.05) is 4.90 Å². The summed E-state index contributed by atoms with van der Waals surface area (Å²) in [6, 6.07) is 17.3. The minimum atomic E-state index is -1.10. The van der Waals surface area contributed by atoms with E-state index in [0.717, 1.165) is 43.2 Å². The minimum Gasteiger partial charge on any atom is -0.369 e. The van der Waals surface area contributed by atoms with E-state index in [2.05, 4.69) is 60.0 Å². The highest BCUT2D eigenvalue weighted by Crippen LogP contribution is 2.28. The molecule has 0 spiro atoms. The molecule has 178 valence electrons. The first-order valence-corrected chi connectivity index (χ1v) is 12.5. The van der Waals surface area contributed by atoms with Crippen LogP contribution in [0.5, 0.6) is 0 Å². The zero-order valence-corrected chi connectivity index (χ0v) is 20.2. The first kappa shape index (κ1) is 23.9. The van der Waals surface area contributed by atoms with Crippen molar-refractivity contribution in [3.05, 3.63) is 66.2 Å². The predicted molar refractivity (Wildman–Crippen MR) is 135 cm³/mol. The van der Waals surface area contributed by atoms with Crippen molar-refractivity contribution < 1.29 is 8.78 Å². The number of hydrogen-bond acceptors (Lipinski definition) is 2. The van der Waals surface area contributed by atoms with Gasteiger partial charge >= 0.3 is 0 Å². The van der Waals surface area contributed by atoms with Crippen molar-refractivity contribution >= 4 is 5.70 Å². The maximum absolute atomic E-state index is 13.9. The van der Waals surface area contributed by atoms with E-state index in [-0.39, 0.29) is 0 Å². The van der Waals surface area contributed by atoms with Crippen LogP contribution in [-0.4, -0.2) is 54.4 Å². The van der Waals surface area contributed by atoms with Crippen LogP contribution in [0.15, 0.2) is 55.1 Å². The maximum atomic E-state index is 13.9. The summed E-state index contributed by atoms with van der Waals surface area (Å²) >= 11 is 0. The zero-order chi connectivity index (χ0) is 23.4.